The van der Waals surface area contributed by atoms with Crippen LogP contribution in [0.1, 0.15) is 11.1 Å². The Labute approximate surface area is 143 Å². The van der Waals surface area contributed by atoms with E-state index in [-0.39, 0.29) is 0 Å². The van der Waals surface area contributed by atoms with Gasteiger partial charge in [-0.15, -0.1) is 0 Å². The Balaban J connectivity index is 1.57. The zero-order valence-electron chi connectivity index (χ0n) is 14.1. The maximum atomic E-state index is 5.83. The van der Waals surface area contributed by atoms with E-state index in [0.717, 1.165) is 24.3 Å². The first kappa shape index (κ1) is 17.8. The van der Waals surface area contributed by atoms with Gasteiger partial charge in [0.2, 0.25) is 0 Å². The minimum atomic E-state index is 0.457. The quantitative estimate of drug-likeness (QED) is 0.421. The van der Waals surface area contributed by atoms with Crippen LogP contribution in [0.5, 0.6) is 5.75 Å². The van der Waals surface area contributed by atoms with Crippen molar-refractivity contribution in [3.8, 4) is 5.75 Å². The van der Waals surface area contributed by atoms with E-state index in [1.807, 2.05) is 42.5 Å². The van der Waals surface area contributed by atoms with Crippen LogP contribution < -0.4 is 15.8 Å². The monoisotopic (exact) mass is 327 g/mol. The molecule has 0 atom stereocenters. The molecule has 0 aliphatic heterocycles. The van der Waals surface area contributed by atoms with Crippen LogP contribution >= 0.6 is 0 Å². The van der Waals surface area contributed by atoms with Crippen molar-refractivity contribution in [2.24, 2.45) is 10.7 Å². The van der Waals surface area contributed by atoms with Crippen LogP contribution in [0, 0.1) is 0 Å². The highest BCUT2D eigenvalue weighted by Gasteiger charge is 1.96. The molecule has 2 aromatic carbocycles. The molecule has 0 fully saturated rings. The molecule has 0 aromatic heterocycles. The van der Waals surface area contributed by atoms with E-state index in [2.05, 4.69) is 22.4 Å². The molecule has 0 spiro atoms. The predicted molar refractivity (Wildman–Crippen MR) is 97.3 cm³/mol. The first-order chi connectivity index (χ1) is 11.8. The fraction of sp³-hybridized carbons (Fsp3) is 0.316. The highest BCUT2D eigenvalue weighted by Crippen LogP contribution is 2.11. The first-order valence-corrected chi connectivity index (χ1v) is 8.06. The molecule has 0 unspecified atom stereocenters. The van der Waals surface area contributed by atoms with Gasteiger partial charge in [-0.2, -0.15) is 0 Å². The van der Waals surface area contributed by atoms with Crippen LogP contribution in [0.3, 0.4) is 0 Å². The summed E-state index contributed by atoms with van der Waals surface area (Å²) >= 11 is 0. The zero-order chi connectivity index (χ0) is 17.0. The van der Waals surface area contributed by atoms with E-state index in [1.54, 1.807) is 7.11 Å². The number of rotatable bonds is 9. The summed E-state index contributed by atoms with van der Waals surface area (Å²) in [4.78, 5) is 4.25. The number of nitrogens with two attached hydrogens (primary N) is 1. The lowest BCUT2D eigenvalue weighted by Gasteiger charge is -2.07. The number of methoxy groups -OCH3 is 1. The summed E-state index contributed by atoms with van der Waals surface area (Å²) in [5, 5.41) is 3.11. The fourth-order valence-electron chi connectivity index (χ4n) is 2.18. The summed E-state index contributed by atoms with van der Waals surface area (Å²) in [5.74, 6) is 1.30. The molecule has 2 rings (SSSR count). The number of nitrogens with zero attached hydrogens (tertiary/aromatic N) is 1. The van der Waals surface area contributed by atoms with E-state index >= 15 is 0 Å². The van der Waals surface area contributed by atoms with Gasteiger partial charge in [0, 0.05) is 6.54 Å². The van der Waals surface area contributed by atoms with Gasteiger partial charge in [-0.3, -0.25) is 4.99 Å². The Hall–Kier alpha value is -2.53. The zero-order valence-corrected chi connectivity index (χ0v) is 14.1. The van der Waals surface area contributed by atoms with Gasteiger partial charge in [0.25, 0.3) is 0 Å². The molecule has 0 bridgehead atoms. The van der Waals surface area contributed by atoms with Crippen molar-refractivity contribution in [3.05, 3.63) is 65.7 Å². The largest absolute Gasteiger partial charge is 0.497 e. The maximum absolute atomic E-state index is 5.83. The van der Waals surface area contributed by atoms with Crippen molar-refractivity contribution in [2.75, 3.05) is 26.8 Å². The van der Waals surface area contributed by atoms with Gasteiger partial charge in [0.15, 0.2) is 5.96 Å². The molecule has 5 heteroatoms. The molecule has 0 aliphatic rings. The highest BCUT2D eigenvalue weighted by molar-refractivity contribution is 5.77. The Kier molecular flexibility index (Phi) is 7.63. The molecule has 0 aliphatic carbocycles. The van der Waals surface area contributed by atoms with Crippen LogP contribution in [0.4, 0.5) is 0 Å². The summed E-state index contributed by atoms with van der Waals surface area (Å²) in [6.07, 6.45) is 0.922. The van der Waals surface area contributed by atoms with Gasteiger partial charge < -0.3 is 20.5 Å². The number of hydrogen-bond donors (Lipinski definition) is 2. The Morgan fingerprint density at radius 3 is 2.50 bits per heavy atom. The van der Waals surface area contributed by atoms with E-state index in [9.17, 15) is 0 Å². The van der Waals surface area contributed by atoms with E-state index in [1.165, 1.54) is 5.56 Å². The lowest BCUT2D eigenvalue weighted by Crippen LogP contribution is -2.33. The summed E-state index contributed by atoms with van der Waals surface area (Å²) in [7, 11) is 1.65. The fourth-order valence-corrected chi connectivity index (χ4v) is 2.18. The van der Waals surface area contributed by atoms with Crippen molar-refractivity contribution in [1.29, 1.82) is 0 Å². The molecular weight excluding hydrogens is 302 g/mol. The molecule has 2 aromatic rings. The van der Waals surface area contributed by atoms with E-state index in [0.29, 0.717) is 25.7 Å². The van der Waals surface area contributed by atoms with Crippen LogP contribution in [-0.4, -0.2) is 32.8 Å². The van der Waals surface area contributed by atoms with Crippen LogP contribution in [-0.2, 0) is 17.8 Å². The summed E-state index contributed by atoms with van der Waals surface area (Å²) < 4.78 is 10.7. The van der Waals surface area contributed by atoms with Gasteiger partial charge in [-0.05, 0) is 29.7 Å². The van der Waals surface area contributed by atoms with E-state index < -0.39 is 0 Å². The Bertz CT molecular complexity index is 612. The number of benzene rings is 2. The molecule has 0 saturated carbocycles. The maximum Gasteiger partial charge on any atom is 0.188 e. The third kappa shape index (κ3) is 6.71. The predicted octanol–water partition coefficient (Wildman–Crippen LogP) is 2.36. The van der Waals surface area contributed by atoms with Gasteiger partial charge in [0.05, 0.1) is 26.9 Å². The van der Waals surface area contributed by atoms with Crippen LogP contribution in [0.2, 0.25) is 0 Å². The number of hydrogen-bond acceptors (Lipinski definition) is 3. The van der Waals surface area contributed by atoms with Crippen molar-refractivity contribution < 1.29 is 9.47 Å². The van der Waals surface area contributed by atoms with Crippen LogP contribution in [0.25, 0.3) is 0 Å². The SMILES string of the molecule is COc1ccc(COCCN=C(N)NCCc2ccccc2)cc1. The average Bonchev–Trinajstić information content (AvgIpc) is 2.63. The van der Waals surface area contributed by atoms with Gasteiger partial charge in [-0.1, -0.05) is 42.5 Å². The smallest absolute Gasteiger partial charge is 0.188 e. The molecular formula is C19H25N3O2. The summed E-state index contributed by atoms with van der Waals surface area (Å²) in [6, 6.07) is 18.1. The molecule has 3 N–H and O–H groups in total. The molecule has 0 radical (unpaired) electrons. The normalized spacial score (nSPS) is 11.3. The van der Waals surface area contributed by atoms with E-state index in [4.69, 9.17) is 15.2 Å². The van der Waals surface area contributed by atoms with Crippen molar-refractivity contribution in [3.63, 3.8) is 0 Å². The molecule has 24 heavy (non-hydrogen) atoms. The third-order valence-corrected chi connectivity index (χ3v) is 3.51. The molecule has 0 heterocycles. The Morgan fingerprint density at radius 2 is 1.79 bits per heavy atom. The molecule has 5 nitrogen and oxygen atoms in total. The summed E-state index contributed by atoms with van der Waals surface area (Å²) in [6.45, 7) is 2.40. The topological polar surface area (TPSA) is 68.9 Å². The second kappa shape index (κ2) is 10.3. The lowest BCUT2D eigenvalue weighted by molar-refractivity contribution is 0.128. The standard InChI is InChI=1S/C19H25N3O2/c1-23-18-9-7-17(8-10-18)15-24-14-13-22-19(20)21-12-11-16-5-3-2-4-6-16/h2-10H,11-15H2,1H3,(H3,20,21,22). The van der Waals surface area contributed by atoms with Crippen molar-refractivity contribution in [2.45, 2.75) is 13.0 Å². The minimum Gasteiger partial charge on any atom is -0.497 e. The second-order valence-corrected chi connectivity index (χ2v) is 5.33. The lowest BCUT2D eigenvalue weighted by atomic mass is 10.1. The number of nitrogens with one attached hydrogen (secondary N) is 1. The van der Waals surface area contributed by atoms with Crippen molar-refractivity contribution in [1.82, 2.24) is 5.32 Å². The third-order valence-electron chi connectivity index (χ3n) is 3.51. The minimum absolute atomic E-state index is 0.457. The number of aliphatic imine (C=N–C) groups is 1. The van der Waals surface area contributed by atoms with Gasteiger partial charge in [0.1, 0.15) is 5.75 Å². The highest BCUT2D eigenvalue weighted by atomic mass is 16.5. The van der Waals surface area contributed by atoms with Crippen LogP contribution in [0.15, 0.2) is 59.6 Å². The van der Waals surface area contributed by atoms with Crippen molar-refractivity contribution >= 4 is 5.96 Å². The van der Waals surface area contributed by atoms with Gasteiger partial charge >= 0.3 is 0 Å². The Morgan fingerprint density at radius 1 is 1.04 bits per heavy atom. The number of guanidine groups is 1. The molecule has 128 valence electrons. The molecule has 0 amide bonds. The average molecular weight is 327 g/mol. The van der Waals surface area contributed by atoms with Gasteiger partial charge in [-0.25, -0.2) is 0 Å². The second-order valence-electron chi connectivity index (χ2n) is 5.33. The first-order valence-electron chi connectivity index (χ1n) is 8.06. The number of ether oxygens (including phenoxy) is 2. The molecule has 0 saturated heterocycles. The summed E-state index contributed by atoms with van der Waals surface area (Å²) in [5.41, 5.74) is 8.22.